The Balaban J connectivity index is 2.58. The van der Waals surface area contributed by atoms with Gasteiger partial charge >= 0.3 is 0 Å². The van der Waals surface area contributed by atoms with Gasteiger partial charge in [-0.25, -0.2) is 0 Å². The summed E-state index contributed by atoms with van der Waals surface area (Å²) in [4.78, 5) is 0. The SMILES string of the molecule is Cc1ccc(Cl)cc1-n1cccc1CO. The highest BCUT2D eigenvalue weighted by atomic mass is 35.5. The average Bonchev–Trinajstić information content (AvgIpc) is 2.69. The van der Waals surface area contributed by atoms with Gasteiger partial charge in [-0.15, -0.1) is 0 Å². The molecule has 0 amide bonds. The predicted octanol–water partition coefficient (Wildman–Crippen LogP) is 2.93. The van der Waals surface area contributed by atoms with Crippen molar-refractivity contribution in [1.29, 1.82) is 0 Å². The number of aliphatic hydroxyl groups is 1. The van der Waals surface area contributed by atoms with Gasteiger partial charge in [0.05, 0.1) is 6.61 Å². The standard InChI is InChI=1S/C12H12ClNO/c1-9-4-5-10(13)7-12(9)14-6-2-3-11(14)8-15/h2-7,15H,8H2,1H3. The van der Waals surface area contributed by atoms with E-state index in [1.165, 1.54) is 0 Å². The fourth-order valence-corrected chi connectivity index (χ4v) is 1.79. The second-order valence-electron chi connectivity index (χ2n) is 3.46. The van der Waals surface area contributed by atoms with Crippen molar-refractivity contribution in [3.05, 3.63) is 52.8 Å². The fourth-order valence-electron chi connectivity index (χ4n) is 1.62. The zero-order valence-corrected chi connectivity index (χ0v) is 9.20. The van der Waals surface area contributed by atoms with E-state index in [1.54, 1.807) is 0 Å². The normalized spacial score (nSPS) is 10.6. The number of hydrogen-bond donors (Lipinski definition) is 1. The topological polar surface area (TPSA) is 25.2 Å². The van der Waals surface area contributed by atoms with Crippen LogP contribution >= 0.6 is 11.6 Å². The van der Waals surface area contributed by atoms with Gasteiger partial charge in [0, 0.05) is 22.6 Å². The molecule has 0 aliphatic heterocycles. The van der Waals surface area contributed by atoms with Crippen LogP contribution in [0.4, 0.5) is 0 Å². The number of aliphatic hydroxyl groups excluding tert-OH is 1. The lowest BCUT2D eigenvalue weighted by atomic mass is 10.2. The third-order valence-corrected chi connectivity index (χ3v) is 2.66. The molecule has 15 heavy (non-hydrogen) atoms. The van der Waals surface area contributed by atoms with Crippen LogP contribution in [0.2, 0.25) is 5.02 Å². The maximum atomic E-state index is 9.18. The van der Waals surface area contributed by atoms with E-state index in [0.717, 1.165) is 16.9 Å². The van der Waals surface area contributed by atoms with E-state index in [9.17, 15) is 5.11 Å². The molecule has 1 aromatic carbocycles. The Labute approximate surface area is 93.7 Å². The van der Waals surface area contributed by atoms with Crippen LogP contribution in [-0.2, 0) is 6.61 Å². The number of halogens is 1. The minimum atomic E-state index is 0.0267. The molecule has 0 radical (unpaired) electrons. The largest absolute Gasteiger partial charge is 0.390 e. The van der Waals surface area contributed by atoms with Gasteiger partial charge in [0.15, 0.2) is 0 Å². The predicted molar refractivity (Wildman–Crippen MR) is 61.4 cm³/mol. The van der Waals surface area contributed by atoms with Crippen LogP contribution in [0, 0.1) is 6.92 Å². The molecule has 0 fully saturated rings. The van der Waals surface area contributed by atoms with E-state index >= 15 is 0 Å². The van der Waals surface area contributed by atoms with Gasteiger partial charge in [0.25, 0.3) is 0 Å². The highest BCUT2D eigenvalue weighted by Gasteiger charge is 2.05. The van der Waals surface area contributed by atoms with Crippen LogP contribution in [0.15, 0.2) is 36.5 Å². The first-order chi connectivity index (χ1) is 7.22. The van der Waals surface area contributed by atoms with Crippen molar-refractivity contribution in [2.24, 2.45) is 0 Å². The van der Waals surface area contributed by atoms with Gasteiger partial charge in [0.1, 0.15) is 0 Å². The third kappa shape index (κ3) is 1.91. The molecule has 2 rings (SSSR count). The monoisotopic (exact) mass is 221 g/mol. The molecule has 0 saturated carbocycles. The molecule has 78 valence electrons. The Hall–Kier alpha value is -1.25. The van der Waals surface area contributed by atoms with Gasteiger partial charge in [0.2, 0.25) is 0 Å². The van der Waals surface area contributed by atoms with Gasteiger partial charge in [-0.1, -0.05) is 17.7 Å². The van der Waals surface area contributed by atoms with Crippen LogP contribution in [0.25, 0.3) is 5.69 Å². The molecule has 1 heterocycles. The minimum absolute atomic E-state index is 0.0267. The number of hydrogen-bond acceptors (Lipinski definition) is 1. The minimum Gasteiger partial charge on any atom is -0.390 e. The highest BCUT2D eigenvalue weighted by Crippen LogP contribution is 2.21. The number of nitrogens with zero attached hydrogens (tertiary/aromatic N) is 1. The molecule has 1 N–H and O–H groups in total. The van der Waals surface area contributed by atoms with E-state index in [1.807, 2.05) is 48.0 Å². The molecule has 2 nitrogen and oxygen atoms in total. The first-order valence-corrected chi connectivity index (χ1v) is 5.14. The van der Waals surface area contributed by atoms with Gasteiger partial charge in [-0.3, -0.25) is 0 Å². The van der Waals surface area contributed by atoms with Crippen LogP contribution in [0.3, 0.4) is 0 Å². The molecule has 0 saturated heterocycles. The summed E-state index contributed by atoms with van der Waals surface area (Å²) in [6, 6.07) is 9.53. The summed E-state index contributed by atoms with van der Waals surface area (Å²) >= 11 is 5.95. The Bertz CT molecular complexity index is 476. The summed E-state index contributed by atoms with van der Waals surface area (Å²) in [6.45, 7) is 2.05. The Morgan fingerprint density at radius 2 is 2.13 bits per heavy atom. The number of aromatic nitrogens is 1. The fraction of sp³-hybridized carbons (Fsp3) is 0.167. The van der Waals surface area contributed by atoms with E-state index in [4.69, 9.17) is 11.6 Å². The summed E-state index contributed by atoms with van der Waals surface area (Å²) in [7, 11) is 0. The van der Waals surface area contributed by atoms with Crippen molar-refractivity contribution >= 4 is 11.6 Å². The van der Waals surface area contributed by atoms with E-state index in [-0.39, 0.29) is 6.61 Å². The quantitative estimate of drug-likeness (QED) is 0.829. The van der Waals surface area contributed by atoms with E-state index in [0.29, 0.717) is 5.02 Å². The van der Waals surface area contributed by atoms with Gasteiger partial charge in [-0.2, -0.15) is 0 Å². The first-order valence-electron chi connectivity index (χ1n) is 4.76. The van der Waals surface area contributed by atoms with Crippen molar-refractivity contribution in [3.8, 4) is 5.69 Å². The van der Waals surface area contributed by atoms with Crippen LogP contribution in [-0.4, -0.2) is 9.67 Å². The second kappa shape index (κ2) is 4.09. The number of aryl methyl sites for hydroxylation is 1. The molecule has 2 aromatic rings. The maximum absolute atomic E-state index is 9.18. The number of benzene rings is 1. The van der Waals surface area contributed by atoms with Gasteiger partial charge < -0.3 is 9.67 Å². The second-order valence-corrected chi connectivity index (χ2v) is 3.89. The van der Waals surface area contributed by atoms with Crippen molar-refractivity contribution in [2.45, 2.75) is 13.5 Å². The molecular weight excluding hydrogens is 210 g/mol. The summed E-state index contributed by atoms with van der Waals surface area (Å²) < 4.78 is 1.95. The Morgan fingerprint density at radius 1 is 1.33 bits per heavy atom. The highest BCUT2D eigenvalue weighted by molar-refractivity contribution is 6.30. The molecule has 0 bridgehead atoms. The van der Waals surface area contributed by atoms with E-state index < -0.39 is 0 Å². The van der Waals surface area contributed by atoms with Crippen LogP contribution < -0.4 is 0 Å². The zero-order chi connectivity index (χ0) is 10.8. The Kier molecular flexibility index (Phi) is 2.80. The summed E-state index contributed by atoms with van der Waals surface area (Å²) in [5, 5.41) is 9.88. The number of rotatable bonds is 2. The molecule has 0 spiro atoms. The third-order valence-electron chi connectivity index (χ3n) is 2.43. The summed E-state index contributed by atoms with van der Waals surface area (Å²) in [5.74, 6) is 0. The average molecular weight is 222 g/mol. The molecular formula is C12H12ClNO. The Morgan fingerprint density at radius 3 is 2.87 bits per heavy atom. The van der Waals surface area contributed by atoms with Crippen molar-refractivity contribution < 1.29 is 5.11 Å². The molecule has 1 aromatic heterocycles. The molecule has 0 atom stereocenters. The van der Waals surface area contributed by atoms with Crippen LogP contribution in [0.1, 0.15) is 11.3 Å². The molecule has 3 heteroatoms. The molecule has 0 unspecified atom stereocenters. The lowest BCUT2D eigenvalue weighted by molar-refractivity contribution is 0.274. The lowest BCUT2D eigenvalue weighted by Crippen LogP contribution is -2.00. The van der Waals surface area contributed by atoms with E-state index in [2.05, 4.69) is 0 Å². The van der Waals surface area contributed by atoms with Crippen molar-refractivity contribution in [3.63, 3.8) is 0 Å². The van der Waals surface area contributed by atoms with Crippen LogP contribution in [0.5, 0.6) is 0 Å². The lowest BCUT2D eigenvalue weighted by Gasteiger charge is -2.10. The maximum Gasteiger partial charge on any atom is 0.0836 e. The zero-order valence-electron chi connectivity index (χ0n) is 8.44. The summed E-state index contributed by atoms with van der Waals surface area (Å²) in [5.41, 5.74) is 3.00. The molecule has 0 aliphatic carbocycles. The smallest absolute Gasteiger partial charge is 0.0836 e. The summed E-state index contributed by atoms with van der Waals surface area (Å²) in [6.07, 6.45) is 1.92. The first kappa shape index (κ1) is 10.3. The molecule has 0 aliphatic rings. The van der Waals surface area contributed by atoms with Crippen molar-refractivity contribution in [2.75, 3.05) is 0 Å². The van der Waals surface area contributed by atoms with Gasteiger partial charge in [-0.05, 0) is 36.8 Å². The van der Waals surface area contributed by atoms with Crippen molar-refractivity contribution in [1.82, 2.24) is 4.57 Å².